The van der Waals surface area contributed by atoms with Gasteiger partial charge in [0.1, 0.15) is 5.02 Å². The Bertz CT molecular complexity index is 652. The molecule has 0 aliphatic heterocycles. The van der Waals surface area contributed by atoms with Crippen molar-refractivity contribution in [1.82, 2.24) is 0 Å². The van der Waals surface area contributed by atoms with E-state index in [0.29, 0.717) is 5.56 Å². The van der Waals surface area contributed by atoms with E-state index in [2.05, 4.69) is 0 Å². The number of halogens is 1. The monoisotopic (exact) mass is 249 g/mol. The first-order valence-corrected chi connectivity index (χ1v) is 5.58. The summed E-state index contributed by atoms with van der Waals surface area (Å²) >= 11 is 5.77. The highest BCUT2D eigenvalue weighted by Crippen LogP contribution is 2.29. The number of benzene rings is 1. The molecule has 0 saturated carbocycles. The minimum absolute atomic E-state index is 0.0516. The Labute approximate surface area is 104 Å². The Kier molecular flexibility index (Phi) is 2.79. The Balaban J connectivity index is 2.56. The van der Waals surface area contributed by atoms with Gasteiger partial charge in [-0.3, -0.25) is 9.59 Å². The van der Waals surface area contributed by atoms with Crippen LogP contribution in [0.25, 0.3) is 11.1 Å². The molecule has 0 unspecified atom stereocenters. The molecule has 3 nitrogen and oxygen atoms in total. The van der Waals surface area contributed by atoms with Crippen molar-refractivity contribution in [3.8, 4) is 11.1 Å². The number of hydrogen-bond acceptors (Lipinski definition) is 3. The molecule has 2 rings (SSSR count). The maximum atomic E-state index is 11.4. The average Bonchev–Trinajstić information content (AvgIpc) is 2.30. The number of nitrogens with zero attached hydrogens (tertiary/aromatic N) is 1. The number of hydrogen-bond donors (Lipinski definition) is 0. The highest BCUT2D eigenvalue weighted by molar-refractivity contribution is 6.34. The van der Waals surface area contributed by atoms with E-state index in [-0.39, 0.29) is 5.02 Å². The number of rotatable bonds is 2. The summed E-state index contributed by atoms with van der Waals surface area (Å²) in [6, 6.07) is 5.69. The second-order valence-corrected chi connectivity index (χ2v) is 4.62. The van der Waals surface area contributed by atoms with Gasteiger partial charge in [0, 0.05) is 19.8 Å². The third kappa shape index (κ3) is 1.76. The predicted molar refractivity (Wildman–Crippen MR) is 70.9 cm³/mol. The first kappa shape index (κ1) is 11.9. The Morgan fingerprint density at radius 1 is 1.12 bits per heavy atom. The van der Waals surface area contributed by atoms with Crippen molar-refractivity contribution >= 4 is 17.3 Å². The van der Waals surface area contributed by atoms with Crippen LogP contribution in [0.2, 0.25) is 5.02 Å². The van der Waals surface area contributed by atoms with E-state index in [9.17, 15) is 9.59 Å². The van der Waals surface area contributed by atoms with Crippen LogP contribution in [0.4, 0.5) is 5.69 Å². The van der Waals surface area contributed by atoms with Crippen LogP contribution in [0.15, 0.2) is 27.8 Å². The van der Waals surface area contributed by atoms with Crippen molar-refractivity contribution < 1.29 is 0 Å². The van der Waals surface area contributed by atoms with Crippen LogP contribution in [0.5, 0.6) is 0 Å². The van der Waals surface area contributed by atoms with Crippen LogP contribution in [-0.2, 0) is 0 Å². The van der Waals surface area contributed by atoms with Crippen LogP contribution in [0.3, 0.4) is 0 Å². The summed E-state index contributed by atoms with van der Waals surface area (Å²) in [6.07, 6.45) is 0. The molecule has 0 heterocycles. The van der Waals surface area contributed by atoms with Gasteiger partial charge in [-0.2, -0.15) is 0 Å². The van der Waals surface area contributed by atoms with E-state index in [1.165, 1.54) is 0 Å². The average molecular weight is 250 g/mol. The molecule has 0 N–H and O–H groups in total. The van der Waals surface area contributed by atoms with Crippen molar-refractivity contribution in [3.63, 3.8) is 0 Å². The summed E-state index contributed by atoms with van der Waals surface area (Å²) in [5, 5.41) is 0.0516. The largest absolute Gasteiger partial charge is 0.378 e. The normalized spacial score (nSPS) is 10.8. The molecule has 0 aliphatic rings. The molecule has 0 spiro atoms. The zero-order valence-corrected chi connectivity index (χ0v) is 10.6. The molecule has 17 heavy (non-hydrogen) atoms. The summed E-state index contributed by atoms with van der Waals surface area (Å²) in [7, 11) is 3.89. The molecule has 88 valence electrons. The SMILES string of the molecule is Cc1cc(N(C)C)ccc1-c1c(Cl)c(=O)c1=O. The Morgan fingerprint density at radius 2 is 1.76 bits per heavy atom. The van der Waals surface area contributed by atoms with E-state index in [1.54, 1.807) is 0 Å². The molecule has 4 heteroatoms. The number of anilines is 1. The van der Waals surface area contributed by atoms with Crippen molar-refractivity contribution in [2.45, 2.75) is 6.92 Å². The Morgan fingerprint density at radius 3 is 2.24 bits per heavy atom. The zero-order chi connectivity index (χ0) is 12.7. The second-order valence-electron chi connectivity index (χ2n) is 4.24. The Hall–Kier alpha value is -1.61. The lowest BCUT2D eigenvalue weighted by Gasteiger charge is -2.15. The van der Waals surface area contributed by atoms with Crippen LogP contribution < -0.4 is 15.8 Å². The van der Waals surface area contributed by atoms with Gasteiger partial charge in [-0.1, -0.05) is 17.7 Å². The standard InChI is InChI=1S/C13H12ClNO2/c1-7-6-8(15(2)3)4-5-9(7)10-11(14)13(17)12(10)16/h4-6H,1-3H3. The maximum absolute atomic E-state index is 11.4. The van der Waals surface area contributed by atoms with Gasteiger partial charge in [-0.05, 0) is 30.2 Å². The highest BCUT2D eigenvalue weighted by atomic mass is 35.5. The van der Waals surface area contributed by atoms with Crippen LogP contribution in [0.1, 0.15) is 5.56 Å². The lowest BCUT2D eigenvalue weighted by atomic mass is 9.96. The fourth-order valence-electron chi connectivity index (χ4n) is 1.81. The van der Waals surface area contributed by atoms with Gasteiger partial charge >= 0.3 is 0 Å². The molecule has 2 aromatic rings. The fourth-order valence-corrected chi connectivity index (χ4v) is 2.08. The van der Waals surface area contributed by atoms with E-state index >= 15 is 0 Å². The van der Waals surface area contributed by atoms with Gasteiger partial charge in [0.2, 0.25) is 10.9 Å². The molecule has 0 saturated heterocycles. The molecule has 0 radical (unpaired) electrons. The predicted octanol–water partition coefficient (Wildman–Crippen LogP) is 1.98. The van der Waals surface area contributed by atoms with Crippen molar-refractivity contribution in [2.75, 3.05) is 19.0 Å². The first-order chi connectivity index (χ1) is 7.93. The third-order valence-corrected chi connectivity index (χ3v) is 3.21. The van der Waals surface area contributed by atoms with E-state index in [1.807, 2.05) is 44.1 Å². The van der Waals surface area contributed by atoms with Crippen LogP contribution in [-0.4, -0.2) is 14.1 Å². The summed E-state index contributed by atoms with van der Waals surface area (Å²) < 4.78 is 0. The van der Waals surface area contributed by atoms with E-state index < -0.39 is 10.9 Å². The van der Waals surface area contributed by atoms with Crippen molar-refractivity contribution in [2.24, 2.45) is 0 Å². The summed E-state index contributed by atoms with van der Waals surface area (Å²) in [6.45, 7) is 1.90. The summed E-state index contributed by atoms with van der Waals surface area (Å²) in [5.41, 5.74) is 1.99. The molecular weight excluding hydrogens is 238 g/mol. The molecule has 0 atom stereocenters. The zero-order valence-electron chi connectivity index (χ0n) is 9.87. The van der Waals surface area contributed by atoms with Gasteiger partial charge in [-0.15, -0.1) is 0 Å². The number of aryl methyl sites for hydroxylation is 1. The van der Waals surface area contributed by atoms with E-state index in [0.717, 1.165) is 16.8 Å². The second kappa shape index (κ2) is 4.00. The summed E-state index contributed by atoms with van der Waals surface area (Å²) in [4.78, 5) is 24.5. The van der Waals surface area contributed by atoms with Gasteiger partial charge in [0.05, 0.1) is 5.56 Å². The lowest BCUT2D eigenvalue weighted by Crippen LogP contribution is -2.33. The molecule has 0 fully saturated rings. The van der Waals surface area contributed by atoms with Gasteiger partial charge in [-0.25, -0.2) is 0 Å². The molecule has 0 aromatic heterocycles. The lowest BCUT2D eigenvalue weighted by molar-refractivity contribution is 1.13. The molecule has 2 aromatic carbocycles. The van der Waals surface area contributed by atoms with Crippen LogP contribution >= 0.6 is 11.6 Å². The van der Waals surface area contributed by atoms with Crippen molar-refractivity contribution in [3.05, 3.63) is 49.2 Å². The highest BCUT2D eigenvalue weighted by Gasteiger charge is 2.21. The van der Waals surface area contributed by atoms with Gasteiger partial charge in [0.15, 0.2) is 0 Å². The van der Waals surface area contributed by atoms with Crippen LogP contribution in [0, 0.1) is 6.92 Å². The topological polar surface area (TPSA) is 37.4 Å². The van der Waals surface area contributed by atoms with Gasteiger partial charge < -0.3 is 4.90 Å². The first-order valence-electron chi connectivity index (χ1n) is 5.20. The smallest absolute Gasteiger partial charge is 0.245 e. The minimum Gasteiger partial charge on any atom is -0.378 e. The molecule has 0 bridgehead atoms. The minimum atomic E-state index is -0.585. The summed E-state index contributed by atoms with van der Waals surface area (Å²) in [5.74, 6) is 0. The maximum Gasteiger partial charge on any atom is 0.245 e. The molecular formula is C13H12ClNO2. The molecule has 0 aliphatic carbocycles. The van der Waals surface area contributed by atoms with E-state index in [4.69, 9.17) is 11.6 Å². The third-order valence-electron chi connectivity index (χ3n) is 2.85. The molecule has 0 amide bonds. The quantitative estimate of drug-likeness (QED) is 0.764. The van der Waals surface area contributed by atoms with Gasteiger partial charge in [0.25, 0.3) is 0 Å². The van der Waals surface area contributed by atoms with Crippen molar-refractivity contribution in [1.29, 1.82) is 0 Å². The fraction of sp³-hybridized carbons (Fsp3) is 0.231.